The summed E-state index contributed by atoms with van der Waals surface area (Å²) in [5, 5.41) is 9.02. The quantitative estimate of drug-likeness (QED) is 0.848. The molecule has 0 amide bonds. The number of rotatable bonds is 5. The number of benzene rings is 1. The van der Waals surface area contributed by atoms with Crippen molar-refractivity contribution in [2.24, 2.45) is 0 Å². The summed E-state index contributed by atoms with van der Waals surface area (Å²) in [6.07, 6.45) is -0.118. The third-order valence-corrected chi connectivity index (χ3v) is 2.93. The molecule has 1 saturated heterocycles. The lowest BCUT2D eigenvalue weighted by Crippen LogP contribution is -2.45. The van der Waals surface area contributed by atoms with Gasteiger partial charge in [0.1, 0.15) is 6.61 Å². The van der Waals surface area contributed by atoms with Crippen LogP contribution < -0.4 is 4.74 Å². The van der Waals surface area contributed by atoms with E-state index >= 15 is 0 Å². The molecule has 0 saturated carbocycles. The van der Waals surface area contributed by atoms with Gasteiger partial charge in [-0.2, -0.15) is 0 Å². The van der Waals surface area contributed by atoms with Crippen LogP contribution in [-0.4, -0.2) is 55.6 Å². The van der Waals surface area contributed by atoms with Gasteiger partial charge in [0.05, 0.1) is 19.3 Å². The molecule has 1 fully saturated rings. The number of ether oxygens (including phenoxy) is 2. The second-order valence-corrected chi connectivity index (χ2v) is 4.25. The molecule has 4 nitrogen and oxygen atoms in total. The zero-order chi connectivity index (χ0) is 12.8. The van der Waals surface area contributed by atoms with Gasteiger partial charge in [-0.3, -0.25) is 4.90 Å². The molecule has 0 aliphatic carbocycles. The Balaban J connectivity index is 1.73. The van der Waals surface area contributed by atoms with Crippen LogP contribution in [0, 0.1) is 5.82 Å². The average molecular weight is 255 g/mol. The van der Waals surface area contributed by atoms with Crippen molar-refractivity contribution < 1.29 is 19.0 Å². The van der Waals surface area contributed by atoms with E-state index in [1.54, 1.807) is 18.2 Å². The minimum atomic E-state index is -0.340. The Morgan fingerprint density at radius 1 is 1.44 bits per heavy atom. The van der Waals surface area contributed by atoms with Crippen LogP contribution in [0.5, 0.6) is 5.75 Å². The van der Waals surface area contributed by atoms with E-state index in [9.17, 15) is 4.39 Å². The number of aliphatic hydroxyl groups is 1. The molecule has 1 unspecified atom stereocenters. The lowest BCUT2D eigenvalue weighted by Gasteiger charge is -2.31. The summed E-state index contributed by atoms with van der Waals surface area (Å²) < 4.78 is 24.0. The van der Waals surface area contributed by atoms with Crippen LogP contribution in [0.15, 0.2) is 24.3 Å². The highest BCUT2D eigenvalue weighted by molar-refractivity contribution is 5.23. The molecular formula is C13H18FNO3. The zero-order valence-electron chi connectivity index (χ0n) is 10.2. The zero-order valence-corrected chi connectivity index (χ0v) is 10.2. The number of nitrogens with zero attached hydrogens (tertiary/aromatic N) is 1. The molecule has 0 aromatic heterocycles. The van der Waals surface area contributed by atoms with Crippen molar-refractivity contribution in [1.82, 2.24) is 4.90 Å². The van der Waals surface area contributed by atoms with Gasteiger partial charge in [-0.25, -0.2) is 4.39 Å². The number of hydrogen-bond donors (Lipinski definition) is 1. The smallest absolute Gasteiger partial charge is 0.165 e. The van der Waals surface area contributed by atoms with Gasteiger partial charge < -0.3 is 14.6 Å². The van der Waals surface area contributed by atoms with Crippen molar-refractivity contribution in [2.45, 2.75) is 6.10 Å². The first-order valence-electron chi connectivity index (χ1n) is 6.11. The molecule has 0 spiro atoms. The molecule has 1 aliphatic rings. The fourth-order valence-corrected chi connectivity index (χ4v) is 1.94. The first kappa shape index (κ1) is 13.3. The molecule has 0 radical (unpaired) electrons. The van der Waals surface area contributed by atoms with E-state index in [4.69, 9.17) is 14.6 Å². The Labute approximate surface area is 106 Å². The summed E-state index contributed by atoms with van der Waals surface area (Å²) in [6, 6.07) is 6.38. The minimum Gasteiger partial charge on any atom is -0.489 e. The van der Waals surface area contributed by atoms with E-state index in [0.29, 0.717) is 26.3 Å². The van der Waals surface area contributed by atoms with Gasteiger partial charge in [0, 0.05) is 19.6 Å². The van der Waals surface area contributed by atoms with Gasteiger partial charge in [-0.1, -0.05) is 12.1 Å². The molecular weight excluding hydrogens is 237 g/mol. The Kier molecular flexibility index (Phi) is 4.92. The van der Waals surface area contributed by atoms with Crippen LogP contribution in [-0.2, 0) is 4.74 Å². The summed E-state index contributed by atoms with van der Waals surface area (Å²) in [5.41, 5.74) is 0. The van der Waals surface area contributed by atoms with Gasteiger partial charge in [0.15, 0.2) is 11.6 Å². The predicted molar refractivity (Wildman–Crippen MR) is 65.2 cm³/mol. The van der Waals surface area contributed by atoms with Gasteiger partial charge in [0.2, 0.25) is 0 Å². The van der Waals surface area contributed by atoms with E-state index < -0.39 is 0 Å². The lowest BCUT2D eigenvalue weighted by atomic mass is 10.3. The maximum absolute atomic E-state index is 13.3. The Hall–Kier alpha value is -1.17. The Morgan fingerprint density at radius 2 is 2.28 bits per heavy atom. The third kappa shape index (κ3) is 3.66. The van der Waals surface area contributed by atoms with E-state index in [2.05, 4.69) is 4.90 Å². The molecule has 1 N–H and O–H groups in total. The highest BCUT2D eigenvalue weighted by Crippen LogP contribution is 2.15. The minimum absolute atomic E-state index is 0.0324. The number of morpholine rings is 1. The summed E-state index contributed by atoms with van der Waals surface area (Å²) >= 11 is 0. The van der Waals surface area contributed by atoms with Crippen LogP contribution in [0.3, 0.4) is 0 Å². The van der Waals surface area contributed by atoms with E-state index in [1.807, 2.05) is 0 Å². The van der Waals surface area contributed by atoms with Crippen molar-refractivity contribution in [2.75, 3.05) is 39.5 Å². The van der Waals surface area contributed by atoms with Gasteiger partial charge in [-0.05, 0) is 12.1 Å². The Bertz CT molecular complexity index is 375. The van der Waals surface area contributed by atoms with Gasteiger partial charge >= 0.3 is 0 Å². The SMILES string of the molecule is OCC1CN(CCOc2ccccc2F)CCO1. The van der Waals surface area contributed by atoms with Crippen molar-refractivity contribution in [3.05, 3.63) is 30.1 Å². The molecule has 100 valence electrons. The van der Waals surface area contributed by atoms with E-state index in [-0.39, 0.29) is 24.3 Å². The molecule has 1 aromatic rings. The summed E-state index contributed by atoms with van der Waals surface area (Å²) in [4.78, 5) is 2.14. The molecule has 2 rings (SSSR count). The number of hydrogen-bond acceptors (Lipinski definition) is 4. The molecule has 1 aromatic carbocycles. The topological polar surface area (TPSA) is 41.9 Å². The molecule has 5 heteroatoms. The molecule has 0 bridgehead atoms. The first-order valence-corrected chi connectivity index (χ1v) is 6.11. The number of aliphatic hydroxyl groups excluding tert-OH is 1. The van der Waals surface area contributed by atoms with Crippen LogP contribution in [0.1, 0.15) is 0 Å². The van der Waals surface area contributed by atoms with Crippen molar-refractivity contribution in [3.8, 4) is 5.75 Å². The Morgan fingerprint density at radius 3 is 3.06 bits per heavy atom. The maximum atomic E-state index is 13.3. The number of halogens is 1. The molecule has 1 atom stereocenters. The standard InChI is InChI=1S/C13H18FNO3/c14-12-3-1-2-4-13(12)18-8-6-15-5-7-17-11(9-15)10-16/h1-4,11,16H,5-10H2. The van der Waals surface area contributed by atoms with Gasteiger partial charge in [-0.15, -0.1) is 0 Å². The monoisotopic (exact) mass is 255 g/mol. The summed E-state index contributed by atoms with van der Waals surface area (Å²) in [7, 11) is 0. The summed E-state index contributed by atoms with van der Waals surface area (Å²) in [6.45, 7) is 3.29. The second kappa shape index (κ2) is 6.68. The van der Waals surface area contributed by atoms with E-state index in [0.717, 1.165) is 6.54 Å². The fourth-order valence-electron chi connectivity index (χ4n) is 1.94. The second-order valence-electron chi connectivity index (χ2n) is 4.25. The highest BCUT2D eigenvalue weighted by Gasteiger charge is 2.19. The molecule has 1 heterocycles. The van der Waals surface area contributed by atoms with Crippen LogP contribution in [0.25, 0.3) is 0 Å². The third-order valence-electron chi connectivity index (χ3n) is 2.93. The number of para-hydroxylation sites is 1. The van der Waals surface area contributed by atoms with Crippen molar-refractivity contribution in [3.63, 3.8) is 0 Å². The van der Waals surface area contributed by atoms with Gasteiger partial charge in [0.25, 0.3) is 0 Å². The predicted octanol–water partition coefficient (Wildman–Crippen LogP) is 0.898. The normalized spacial score (nSPS) is 20.9. The fraction of sp³-hybridized carbons (Fsp3) is 0.538. The van der Waals surface area contributed by atoms with Crippen molar-refractivity contribution >= 4 is 0 Å². The van der Waals surface area contributed by atoms with Crippen LogP contribution >= 0.6 is 0 Å². The largest absolute Gasteiger partial charge is 0.489 e. The summed E-state index contributed by atoms with van der Waals surface area (Å²) in [5.74, 6) is -0.0582. The lowest BCUT2D eigenvalue weighted by molar-refractivity contribution is -0.0548. The van der Waals surface area contributed by atoms with E-state index in [1.165, 1.54) is 6.07 Å². The first-order chi connectivity index (χ1) is 8.79. The van der Waals surface area contributed by atoms with Crippen molar-refractivity contribution in [1.29, 1.82) is 0 Å². The molecule has 18 heavy (non-hydrogen) atoms. The van der Waals surface area contributed by atoms with Crippen LogP contribution in [0.2, 0.25) is 0 Å². The highest BCUT2D eigenvalue weighted by atomic mass is 19.1. The average Bonchev–Trinajstić information content (AvgIpc) is 2.41. The van der Waals surface area contributed by atoms with Crippen LogP contribution in [0.4, 0.5) is 4.39 Å². The molecule has 1 aliphatic heterocycles. The maximum Gasteiger partial charge on any atom is 0.165 e.